The van der Waals surface area contributed by atoms with Crippen LogP contribution < -0.4 is 16.9 Å². The molecule has 2 heterocycles. The summed E-state index contributed by atoms with van der Waals surface area (Å²) in [6.45, 7) is 18.0. The second-order valence-corrected chi connectivity index (χ2v) is 4.65. The fourth-order valence-electron chi connectivity index (χ4n) is 2.43. The van der Waals surface area contributed by atoms with Gasteiger partial charge in [0, 0.05) is 19.6 Å². The average molecular weight is 313 g/mol. The highest BCUT2D eigenvalue weighted by atomic mass is 16.2. The zero-order valence-electron chi connectivity index (χ0n) is 12.4. The van der Waals surface area contributed by atoms with Crippen LogP contribution in [0.5, 0.6) is 0 Å². The molecule has 118 valence electrons. The van der Waals surface area contributed by atoms with Crippen LogP contribution in [0.3, 0.4) is 0 Å². The predicted octanol–water partition coefficient (Wildman–Crippen LogP) is 0.367. The van der Waals surface area contributed by atoms with Crippen molar-refractivity contribution in [2.45, 2.75) is 19.6 Å². The third-order valence-electron chi connectivity index (χ3n) is 3.30. The Morgan fingerprint density at radius 3 is 1.83 bits per heavy atom. The second-order valence-electron chi connectivity index (χ2n) is 4.65. The Labute approximate surface area is 130 Å². The molecule has 0 amide bonds. The van der Waals surface area contributed by atoms with E-state index in [4.69, 9.17) is 6.57 Å². The van der Waals surface area contributed by atoms with Gasteiger partial charge in [-0.2, -0.15) is 6.57 Å². The molecule has 0 aliphatic heterocycles. The first kappa shape index (κ1) is 16.0. The van der Waals surface area contributed by atoms with Crippen LogP contribution >= 0.6 is 0 Å². The maximum absolute atomic E-state index is 12.6. The average Bonchev–Trinajstić information content (AvgIpc) is 2.79. The van der Waals surface area contributed by atoms with Crippen molar-refractivity contribution in [1.29, 1.82) is 0 Å². The first-order valence-electron chi connectivity index (χ1n) is 6.72. The molecule has 0 spiro atoms. The van der Waals surface area contributed by atoms with Gasteiger partial charge in [0.1, 0.15) is 0 Å². The van der Waals surface area contributed by atoms with Gasteiger partial charge in [0.15, 0.2) is 11.2 Å². The van der Waals surface area contributed by atoms with Gasteiger partial charge in [-0.05, 0) is 0 Å². The van der Waals surface area contributed by atoms with E-state index in [0.717, 1.165) is 0 Å². The molecule has 0 bridgehead atoms. The third-order valence-corrected chi connectivity index (χ3v) is 3.30. The number of imidazole rings is 1. The van der Waals surface area contributed by atoms with Crippen molar-refractivity contribution in [2.75, 3.05) is 0 Å². The van der Waals surface area contributed by atoms with Gasteiger partial charge < -0.3 is 0 Å². The van der Waals surface area contributed by atoms with Crippen LogP contribution in [-0.4, -0.2) is 18.4 Å². The molecule has 23 heavy (non-hydrogen) atoms. The quantitative estimate of drug-likeness (QED) is 0.571. The van der Waals surface area contributed by atoms with E-state index in [2.05, 4.69) is 24.7 Å². The smallest absolute Gasteiger partial charge is 0.282 e. The Bertz CT molecular complexity index is 1020. The van der Waals surface area contributed by atoms with Gasteiger partial charge in [-0.25, -0.2) is 9.59 Å². The number of fused-ring (bicyclic) bond motifs is 1. The molecule has 0 aliphatic carbocycles. The lowest BCUT2D eigenvalue weighted by Crippen LogP contribution is -2.38. The van der Waals surface area contributed by atoms with E-state index in [-0.39, 0.29) is 30.8 Å². The van der Waals surface area contributed by atoms with Crippen molar-refractivity contribution in [3.63, 3.8) is 0 Å². The number of nitrogens with zero attached hydrogens (tertiary/aromatic N) is 5. The number of rotatable bonds is 6. The highest BCUT2D eigenvalue weighted by Crippen LogP contribution is 2.08. The van der Waals surface area contributed by atoms with E-state index in [1.54, 1.807) is 0 Å². The van der Waals surface area contributed by atoms with E-state index in [9.17, 15) is 14.4 Å². The summed E-state index contributed by atoms with van der Waals surface area (Å²) in [6.07, 6.45) is 4.40. The second kappa shape index (κ2) is 6.19. The van der Waals surface area contributed by atoms with Crippen molar-refractivity contribution < 1.29 is 0 Å². The largest absolute Gasteiger partial charge is 0.401 e. The molecule has 2 aromatic rings. The summed E-state index contributed by atoms with van der Waals surface area (Å²) >= 11 is 0. The summed E-state index contributed by atoms with van der Waals surface area (Å²) in [4.78, 5) is 40.3. The normalized spacial score (nSPS) is 10.4. The Balaban J connectivity index is 3.22. The Kier molecular flexibility index (Phi) is 4.32. The molecule has 8 nitrogen and oxygen atoms in total. The van der Waals surface area contributed by atoms with Crippen molar-refractivity contribution in [3.05, 3.63) is 80.8 Å². The minimum absolute atomic E-state index is 0.0193. The van der Waals surface area contributed by atoms with Crippen molar-refractivity contribution in [3.8, 4) is 0 Å². The molecule has 0 N–H and O–H groups in total. The predicted molar refractivity (Wildman–Crippen MR) is 87.3 cm³/mol. The molecule has 0 radical (unpaired) electrons. The van der Waals surface area contributed by atoms with Crippen LogP contribution in [0.15, 0.2) is 52.3 Å². The SMILES string of the molecule is [C-]#[N+]n1c(=O)c2c(n(CC=C)c1=O)n(CC=C)c(=O)n2CC=C. The number of hydrogen-bond donors (Lipinski definition) is 0. The molecule has 0 saturated carbocycles. The summed E-state index contributed by atoms with van der Waals surface area (Å²) in [5.41, 5.74) is -1.99. The maximum atomic E-state index is 12.6. The summed E-state index contributed by atoms with van der Waals surface area (Å²) in [6, 6.07) is 0. The van der Waals surface area contributed by atoms with E-state index < -0.39 is 16.9 Å². The lowest BCUT2D eigenvalue weighted by atomic mass is 10.4. The Morgan fingerprint density at radius 1 is 0.870 bits per heavy atom. The monoisotopic (exact) mass is 313 g/mol. The van der Waals surface area contributed by atoms with Crippen LogP contribution in [0.1, 0.15) is 0 Å². The standard InChI is InChI=1S/C15H15N5O3/c1-5-8-17-11-12(18(9-6-2)14(17)22)19(10-7-3)15(23)20(16-4)13(11)21/h5-7H,1-3,8-10H2. The summed E-state index contributed by atoms with van der Waals surface area (Å²) < 4.78 is 4.04. The highest BCUT2D eigenvalue weighted by molar-refractivity contribution is 5.71. The van der Waals surface area contributed by atoms with E-state index in [1.807, 2.05) is 0 Å². The summed E-state index contributed by atoms with van der Waals surface area (Å²) in [5, 5.41) is 0. The Hall–Kier alpha value is -3.34. The van der Waals surface area contributed by atoms with Gasteiger partial charge in [0.05, 0.1) is 4.68 Å². The van der Waals surface area contributed by atoms with Gasteiger partial charge in [-0.3, -0.25) is 18.5 Å². The molecule has 0 atom stereocenters. The molecule has 0 aliphatic rings. The van der Waals surface area contributed by atoms with Gasteiger partial charge in [0.25, 0.3) is 0 Å². The lowest BCUT2D eigenvalue weighted by molar-refractivity contribution is 0.680. The van der Waals surface area contributed by atoms with Gasteiger partial charge in [-0.15, -0.1) is 24.7 Å². The molecule has 0 fully saturated rings. The minimum Gasteiger partial charge on any atom is -0.282 e. The number of hydrogen-bond acceptors (Lipinski definition) is 3. The van der Waals surface area contributed by atoms with Crippen LogP contribution in [0.4, 0.5) is 0 Å². The van der Waals surface area contributed by atoms with E-state index in [1.165, 1.54) is 31.9 Å². The van der Waals surface area contributed by atoms with Crippen molar-refractivity contribution in [2.24, 2.45) is 0 Å². The Morgan fingerprint density at radius 2 is 1.35 bits per heavy atom. The van der Waals surface area contributed by atoms with Crippen LogP contribution in [0.2, 0.25) is 0 Å². The lowest BCUT2D eigenvalue weighted by Gasteiger charge is -2.06. The first-order chi connectivity index (χ1) is 11.0. The molecule has 0 unspecified atom stereocenters. The minimum atomic E-state index is -0.831. The fraction of sp³-hybridized carbons (Fsp3) is 0.200. The number of allylic oxidation sites excluding steroid dienone is 3. The highest BCUT2D eigenvalue weighted by Gasteiger charge is 2.24. The van der Waals surface area contributed by atoms with Crippen LogP contribution in [0, 0.1) is 6.57 Å². The van der Waals surface area contributed by atoms with E-state index in [0.29, 0.717) is 4.68 Å². The van der Waals surface area contributed by atoms with Crippen LogP contribution in [0.25, 0.3) is 16.1 Å². The molecule has 2 rings (SSSR count). The fourth-order valence-corrected chi connectivity index (χ4v) is 2.43. The summed E-state index contributed by atoms with van der Waals surface area (Å²) in [7, 11) is 0. The molecule has 8 heteroatoms. The van der Waals surface area contributed by atoms with Gasteiger partial charge in [-0.1, -0.05) is 18.2 Å². The molecular formula is C15H15N5O3. The molecular weight excluding hydrogens is 298 g/mol. The van der Waals surface area contributed by atoms with Crippen molar-refractivity contribution in [1.82, 2.24) is 18.4 Å². The molecule has 0 saturated heterocycles. The molecule has 2 aromatic heterocycles. The van der Waals surface area contributed by atoms with Gasteiger partial charge in [0.2, 0.25) is 0 Å². The maximum Gasteiger partial charge on any atom is 0.401 e. The molecule has 0 aromatic carbocycles. The van der Waals surface area contributed by atoms with Crippen molar-refractivity contribution >= 4 is 11.2 Å². The van der Waals surface area contributed by atoms with E-state index >= 15 is 0 Å². The first-order valence-corrected chi connectivity index (χ1v) is 6.72. The zero-order chi connectivity index (χ0) is 17.1. The summed E-state index contributed by atoms with van der Waals surface area (Å²) in [5.74, 6) is 0. The zero-order valence-corrected chi connectivity index (χ0v) is 12.4. The third kappa shape index (κ3) is 2.28. The number of aromatic nitrogens is 4. The van der Waals surface area contributed by atoms with Gasteiger partial charge >= 0.3 is 16.9 Å². The van der Waals surface area contributed by atoms with Crippen LogP contribution in [-0.2, 0) is 19.6 Å². The topological polar surface area (TPSA) is 75.3 Å².